The smallest absolute Gasteiger partial charge is 0.408 e. The first kappa shape index (κ1) is 24.7. The van der Waals surface area contributed by atoms with Crippen LogP contribution in [0.25, 0.3) is 0 Å². The van der Waals surface area contributed by atoms with E-state index >= 15 is 0 Å². The van der Waals surface area contributed by atoms with Gasteiger partial charge in [-0.25, -0.2) is 9.59 Å². The van der Waals surface area contributed by atoms with Crippen LogP contribution in [0.15, 0.2) is 24.3 Å². The van der Waals surface area contributed by atoms with Crippen LogP contribution in [0.4, 0.5) is 4.79 Å². The number of hydrogen-bond acceptors (Lipinski definition) is 5. The Labute approximate surface area is 185 Å². The first-order valence-electron chi connectivity index (χ1n) is 10.7. The maximum absolute atomic E-state index is 12.8. The van der Waals surface area contributed by atoms with Gasteiger partial charge in [0.1, 0.15) is 11.1 Å². The zero-order valence-corrected chi connectivity index (χ0v) is 19.8. The molecule has 0 spiro atoms. The molecule has 1 saturated heterocycles. The van der Waals surface area contributed by atoms with E-state index in [4.69, 9.17) is 9.47 Å². The molecule has 7 nitrogen and oxygen atoms in total. The first-order valence-corrected chi connectivity index (χ1v) is 10.7. The molecule has 0 unspecified atom stereocenters. The van der Waals surface area contributed by atoms with Gasteiger partial charge in [-0.3, -0.25) is 4.79 Å². The summed E-state index contributed by atoms with van der Waals surface area (Å²) in [5, 5.41) is 2.70. The SMILES string of the molecule is COC(=O)C1(NC(=O)OC(C)(C)C)CCN(C(=O)Cc2ccc(C(C)(C)C)cc2)CC1. The second-order valence-corrected chi connectivity index (χ2v) is 10.2. The maximum Gasteiger partial charge on any atom is 0.408 e. The predicted molar refractivity (Wildman–Crippen MR) is 119 cm³/mol. The number of nitrogens with zero attached hydrogens (tertiary/aromatic N) is 1. The lowest BCUT2D eigenvalue weighted by molar-refractivity contribution is -0.152. The fourth-order valence-electron chi connectivity index (χ4n) is 3.62. The summed E-state index contributed by atoms with van der Waals surface area (Å²) in [5.74, 6) is -0.525. The molecule has 0 radical (unpaired) electrons. The van der Waals surface area contributed by atoms with E-state index in [1.807, 2.05) is 12.1 Å². The van der Waals surface area contributed by atoms with Crippen LogP contribution in [0, 0.1) is 0 Å². The van der Waals surface area contributed by atoms with Crippen LogP contribution >= 0.6 is 0 Å². The van der Waals surface area contributed by atoms with Crippen LogP contribution in [0.5, 0.6) is 0 Å². The highest BCUT2D eigenvalue weighted by Gasteiger charge is 2.45. The quantitative estimate of drug-likeness (QED) is 0.735. The summed E-state index contributed by atoms with van der Waals surface area (Å²) in [6.07, 6.45) is 0.174. The molecule has 1 aliphatic heterocycles. The van der Waals surface area contributed by atoms with E-state index in [2.05, 4.69) is 38.2 Å². The van der Waals surface area contributed by atoms with Gasteiger partial charge in [-0.2, -0.15) is 0 Å². The molecule has 0 aliphatic carbocycles. The molecule has 1 aliphatic rings. The van der Waals surface area contributed by atoms with Gasteiger partial charge in [-0.1, -0.05) is 45.0 Å². The molecule has 1 aromatic carbocycles. The van der Waals surface area contributed by atoms with Crippen molar-refractivity contribution in [1.82, 2.24) is 10.2 Å². The summed E-state index contributed by atoms with van der Waals surface area (Å²) in [6.45, 7) is 12.4. The number of rotatable bonds is 4. The number of likely N-dealkylation sites (tertiary alicyclic amines) is 1. The molecule has 172 valence electrons. The normalized spacial score (nSPS) is 16.4. The summed E-state index contributed by atoms with van der Waals surface area (Å²) in [5.41, 5.74) is 0.365. The topological polar surface area (TPSA) is 84.9 Å². The van der Waals surface area contributed by atoms with Gasteiger partial charge in [-0.05, 0) is 50.2 Å². The second-order valence-electron chi connectivity index (χ2n) is 10.2. The highest BCUT2D eigenvalue weighted by molar-refractivity contribution is 5.86. The third kappa shape index (κ3) is 6.71. The summed E-state index contributed by atoms with van der Waals surface area (Å²) >= 11 is 0. The van der Waals surface area contributed by atoms with Crippen LogP contribution in [0.1, 0.15) is 65.5 Å². The Hall–Kier alpha value is -2.57. The molecule has 1 N–H and O–H groups in total. The minimum Gasteiger partial charge on any atom is -0.467 e. The van der Waals surface area contributed by atoms with Crippen LogP contribution in [0.2, 0.25) is 0 Å². The van der Waals surface area contributed by atoms with E-state index in [1.165, 1.54) is 12.7 Å². The lowest BCUT2D eigenvalue weighted by Gasteiger charge is -2.40. The Morgan fingerprint density at radius 1 is 1.00 bits per heavy atom. The van der Waals surface area contributed by atoms with Gasteiger partial charge in [-0.15, -0.1) is 0 Å². The predicted octanol–water partition coefficient (Wildman–Crippen LogP) is 3.59. The Kier molecular flexibility index (Phi) is 7.40. The van der Waals surface area contributed by atoms with E-state index in [9.17, 15) is 14.4 Å². The van der Waals surface area contributed by atoms with Crippen LogP contribution in [0.3, 0.4) is 0 Å². The number of piperidine rings is 1. The van der Waals surface area contributed by atoms with E-state index in [0.29, 0.717) is 19.5 Å². The van der Waals surface area contributed by atoms with Crippen LogP contribution < -0.4 is 5.32 Å². The maximum atomic E-state index is 12.8. The van der Waals surface area contributed by atoms with Crippen LogP contribution in [-0.2, 0) is 30.9 Å². The average Bonchev–Trinajstić information content (AvgIpc) is 2.66. The van der Waals surface area contributed by atoms with Crippen molar-refractivity contribution in [3.8, 4) is 0 Å². The number of esters is 1. The number of carbonyl (C=O) groups excluding carboxylic acids is 3. The van der Waals surface area contributed by atoms with Crippen LogP contribution in [-0.4, -0.2) is 54.2 Å². The molecule has 2 rings (SSSR count). The molecule has 31 heavy (non-hydrogen) atoms. The lowest BCUT2D eigenvalue weighted by Crippen LogP contribution is -2.61. The number of benzene rings is 1. The van der Waals surface area contributed by atoms with Gasteiger partial charge in [0.25, 0.3) is 0 Å². The Morgan fingerprint density at radius 2 is 1.55 bits per heavy atom. The zero-order chi connectivity index (χ0) is 23.4. The number of carbonyl (C=O) groups is 3. The third-order valence-electron chi connectivity index (χ3n) is 5.46. The molecule has 0 saturated carbocycles. The van der Waals surface area contributed by atoms with Crippen molar-refractivity contribution in [3.05, 3.63) is 35.4 Å². The van der Waals surface area contributed by atoms with Crippen molar-refractivity contribution in [3.63, 3.8) is 0 Å². The molecular formula is C24H36N2O5. The van der Waals surface area contributed by atoms with Gasteiger partial charge in [0.2, 0.25) is 5.91 Å². The van der Waals surface area contributed by atoms with Crippen molar-refractivity contribution < 1.29 is 23.9 Å². The van der Waals surface area contributed by atoms with Crippen molar-refractivity contribution >= 4 is 18.0 Å². The largest absolute Gasteiger partial charge is 0.467 e. The van der Waals surface area contributed by atoms with Gasteiger partial charge in [0.05, 0.1) is 13.5 Å². The third-order valence-corrected chi connectivity index (χ3v) is 5.46. The minimum absolute atomic E-state index is 0.000701. The number of hydrogen-bond donors (Lipinski definition) is 1. The van der Waals surface area contributed by atoms with Crippen molar-refractivity contribution in [1.29, 1.82) is 0 Å². The first-order chi connectivity index (χ1) is 14.3. The average molecular weight is 433 g/mol. The van der Waals surface area contributed by atoms with E-state index in [0.717, 1.165) is 5.56 Å². The van der Waals surface area contributed by atoms with Crippen molar-refractivity contribution in [2.75, 3.05) is 20.2 Å². The van der Waals surface area contributed by atoms with Gasteiger partial charge < -0.3 is 19.7 Å². The lowest BCUT2D eigenvalue weighted by atomic mass is 9.86. The molecule has 2 amide bonds. The van der Waals surface area contributed by atoms with Gasteiger partial charge in [0, 0.05) is 13.1 Å². The Morgan fingerprint density at radius 3 is 2.00 bits per heavy atom. The molecule has 1 fully saturated rings. The second kappa shape index (κ2) is 9.28. The summed E-state index contributed by atoms with van der Waals surface area (Å²) in [6, 6.07) is 8.11. The van der Waals surface area contributed by atoms with E-state index in [1.54, 1.807) is 25.7 Å². The molecule has 1 aromatic rings. The summed E-state index contributed by atoms with van der Waals surface area (Å²) < 4.78 is 10.2. The number of ether oxygens (including phenoxy) is 2. The number of alkyl carbamates (subject to hydrolysis) is 1. The van der Waals surface area contributed by atoms with E-state index < -0.39 is 23.2 Å². The minimum atomic E-state index is -1.19. The van der Waals surface area contributed by atoms with E-state index in [-0.39, 0.29) is 24.2 Å². The number of methoxy groups -OCH3 is 1. The fraction of sp³-hybridized carbons (Fsp3) is 0.625. The number of amides is 2. The molecule has 0 atom stereocenters. The highest BCUT2D eigenvalue weighted by atomic mass is 16.6. The zero-order valence-electron chi connectivity index (χ0n) is 19.8. The summed E-state index contributed by atoms with van der Waals surface area (Å²) in [4.78, 5) is 39.3. The standard InChI is InChI=1S/C24H36N2O5/c1-22(2,3)18-10-8-17(9-11-18)16-19(27)26-14-12-24(13-15-26,20(28)30-7)25-21(29)31-23(4,5)6/h8-11H,12-16H2,1-7H3,(H,25,29). The Balaban J connectivity index is 2.01. The van der Waals surface area contributed by atoms with Crippen molar-refractivity contribution in [2.24, 2.45) is 0 Å². The highest BCUT2D eigenvalue weighted by Crippen LogP contribution is 2.26. The molecule has 0 bridgehead atoms. The summed E-state index contributed by atoms with van der Waals surface area (Å²) in [7, 11) is 1.29. The monoisotopic (exact) mass is 432 g/mol. The van der Waals surface area contributed by atoms with Gasteiger partial charge >= 0.3 is 12.1 Å². The number of nitrogens with one attached hydrogen (secondary N) is 1. The Bertz CT molecular complexity index is 795. The molecule has 1 heterocycles. The van der Waals surface area contributed by atoms with Crippen molar-refractivity contribution in [2.45, 2.75) is 77.4 Å². The fourth-order valence-corrected chi connectivity index (χ4v) is 3.62. The molecular weight excluding hydrogens is 396 g/mol. The van der Waals surface area contributed by atoms with Gasteiger partial charge in [0.15, 0.2) is 0 Å². The molecule has 7 heteroatoms. The molecule has 0 aromatic heterocycles.